The van der Waals surface area contributed by atoms with Gasteiger partial charge in [-0.15, -0.1) is 0 Å². The molecule has 2 rings (SSSR count). The van der Waals surface area contributed by atoms with Crippen molar-refractivity contribution in [3.8, 4) is 0 Å². The van der Waals surface area contributed by atoms with Gasteiger partial charge in [-0.05, 0) is 52.6 Å². The summed E-state index contributed by atoms with van der Waals surface area (Å²) in [6.45, 7) is 6.96. The van der Waals surface area contributed by atoms with Gasteiger partial charge in [0.1, 0.15) is 0 Å². The minimum Gasteiger partial charge on any atom is -0.339 e. The van der Waals surface area contributed by atoms with Crippen LogP contribution in [-0.4, -0.2) is 54.5 Å². The minimum atomic E-state index is 0.253. The first-order chi connectivity index (χ1) is 9.52. The number of carbonyl (C=O) groups excluding carboxylic acids is 1. The standard InChI is InChI=1S/C16H31N3O/c1-12-10-19(11-13(2)18(12)3)16(20)15-6-4-5-14(9-15)7-8-17/h12-15H,4-11,17H2,1-3H3. The molecule has 1 aliphatic heterocycles. The van der Waals surface area contributed by atoms with Crippen molar-refractivity contribution < 1.29 is 4.79 Å². The predicted molar refractivity (Wildman–Crippen MR) is 82.4 cm³/mol. The quantitative estimate of drug-likeness (QED) is 0.856. The Bertz CT molecular complexity index is 320. The summed E-state index contributed by atoms with van der Waals surface area (Å²) in [6, 6.07) is 0.928. The first-order valence-corrected chi connectivity index (χ1v) is 8.23. The maximum absolute atomic E-state index is 12.8. The molecule has 1 amide bonds. The lowest BCUT2D eigenvalue weighted by atomic mass is 9.79. The van der Waals surface area contributed by atoms with Gasteiger partial charge in [-0.2, -0.15) is 0 Å². The van der Waals surface area contributed by atoms with Crippen molar-refractivity contribution in [1.29, 1.82) is 0 Å². The lowest BCUT2D eigenvalue weighted by Gasteiger charge is -2.44. The van der Waals surface area contributed by atoms with Crippen molar-refractivity contribution in [2.24, 2.45) is 17.6 Å². The number of hydrogen-bond acceptors (Lipinski definition) is 3. The first kappa shape index (κ1) is 15.8. The summed E-state index contributed by atoms with van der Waals surface area (Å²) in [4.78, 5) is 17.3. The second kappa shape index (κ2) is 6.90. The monoisotopic (exact) mass is 281 g/mol. The second-order valence-electron chi connectivity index (χ2n) is 6.91. The number of piperazine rings is 1. The van der Waals surface area contributed by atoms with Crippen molar-refractivity contribution in [2.45, 2.75) is 58.0 Å². The van der Waals surface area contributed by atoms with Crippen molar-refractivity contribution >= 4 is 5.91 Å². The van der Waals surface area contributed by atoms with E-state index in [1.807, 2.05) is 0 Å². The van der Waals surface area contributed by atoms with Gasteiger partial charge in [-0.25, -0.2) is 0 Å². The Kier molecular flexibility index (Phi) is 5.44. The summed E-state index contributed by atoms with van der Waals surface area (Å²) < 4.78 is 0. The van der Waals surface area contributed by atoms with E-state index in [0.29, 0.717) is 23.9 Å². The third-order valence-corrected chi connectivity index (χ3v) is 5.38. The fourth-order valence-electron chi connectivity index (χ4n) is 3.86. The van der Waals surface area contributed by atoms with Gasteiger partial charge in [0.15, 0.2) is 0 Å². The smallest absolute Gasteiger partial charge is 0.225 e. The second-order valence-corrected chi connectivity index (χ2v) is 6.91. The van der Waals surface area contributed by atoms with Crippen LogP contribution >= 0.6 is 0 Å². The Balaban J connectivity index is 1.93. The molecule has 20 heavy (non-hydrogen) atoms. The molecule has 4 nitrogen and oxygen atoms in total. The van der Waals surface area contributed by atoms with E-state index < -0.39 is 0 Å². The average molecular weight is 281 g/mol. The van der Waals surface area contributed by atoms with Gasteiger partial charge in [0, 0.05) is 31.1 Å². The Morgan fingerprint density at radius 3 is 2.45 bits per heavy atom. The number of amides is 1. The van der Waals surface area contributed by atoms with E-state index in [2.05, 4.69) is 30.7 Å². The average Bonchev–Trinajstić information content (AvgIpc) is 2.44. The molecular formula is C16H31N3O. The van der Waals surface area contributed by atoms with Crippen LogP contribution in [0.2, 0.25) is 0 Å². The molecule has 1 heterocycles. The maximum Gasteiger partial charge on any atom is 0.225 e. The Morgan fingerprint density at radius 2 is 1.85 bits per heavy atom. The fraction of sp³-hybridized carbons (Fsp3) is 0.938. The molecule has 4 atom stereocenters. The Labute approximate surface area is 123 Å². The Morgan fingerprint density at radius 1 is 1.20 bits per heavy atom. The minimum absolute atomic E-state index is 0.253. The Hall–Kier alpha value is -0.610. The summed E-state index contributed by atoms with van der Waals surface area (Å²) in [5.74, 6) is 1.33. The molecule has 1 aliphatic carbocycles. The van der Waals surface area contributed by atoms with Crippen LogP contribution in [0.4, 0.5) is 0 Å². The summed E-state index contributed by atoms with van der Waals surface area (Å²) in [5, 5.41) is 0. The lowest BCUT2D eigenvalue weighted by Crippen LogP contribution is -2.57. The predicted octanol–water partition coefficient (Wildman–Crippen LogP) is 1.69. The lowest BCUT2D eigenvalue weighted by molar-refractivity contribution is -0.141. The molecule has 4 unspecified atom stereocenters. The van der Waals surface area contributed by atoms with Gasteiger partial charge >= 0.3 is 0 Å². The molecule has 0 aromatic rings. The summed E-state index contributed by atoms with van der Waals surface area (Å²) in [5.41, 5.74) is 5.67. The largest absolute Gasteiger partial charge is 0.339 e. The van der Waals surface area contributed by atoms with Gasteiger partial charge in [-0.3, -0.25) is 9.69 Å². The van der Waals surface area contributed by atoms with E-state index >= 15 is 0 Å². The summed E-state index contributed by atoms with van der Waals surface area (Å²) in [6.07, 6.45) is 5.68. The van der Waals surface area contributed by atoms with Crippen LogP contribution in [0.5, 0.6) is 0 Å². The molecule has 0 aromatic heterocycles. The van der Waals surface area contributed by atoms with Crippen LogP contribution in [0.1, 0.15) is 46.0 Å². The molecule has 2 aliphatic rings. The van der Waals surface area contributed by atoms with Crippen LogP contribution in [-0.2, 0) is 4.79 Å². The van der Waals surface area contributed by atoms with E-state index in [1.165, 1.54) is 12.8 Å². The van der Waals surface area contributed by atoms with Crippen LogP contribution in [0.3, 0.4) is 0 Å². The number of likely N-dealkylation sites (N-methyl/N-ethyl adjacent to an activating group) is 1. The molecule has 0 radical (unpaired) electrons. The highest BCUT2D eigenvalue weighted by molar-refractivity contribution is 5.79. The zero-order valence-electron chi connectivity index (χ0n) is 13.3. The molecule has 2 N–H and O–H groups in total. The number of hydrogen-bond donors (Lipinski definition) is 1. The van der Waals surface area contributed by atoms with E-state index in [4.69, 9.17) is 5.73 Å². The fourth-order valence-corrected chi connectivity index (χ4v) is 3.86. The van der Waals surface area contributed by atoms with E-state index in [-0.39, 0.29) is 5.92 Å². The molecular weight excluding hydrogens is 250 g/mol. The third-order valence-electron chi connectivity index (χ3n) is 5.38. The van der Waals surface area contributed by atoms with Gasteiger partial charge in [0.25, 0.3) is 0 Å². The van der Waals surface area contributed by atoms with Crippen molar-refractivity contribution in [1.82, 2.24) is 9.80 Å². The molecule has 0 aromatic carbocycles. The molecule has 2 fully saturated rings. The zero-order valence-corrected chi connectivity index (χ0v) is 13.3. The van der Waals surface area contributed by atoms with E-state index in [0.717, 1.165) is 38.9 Å². The van der Waals surface area contributed by atoms with Gasteiger partial charge in [0.05, 0.1) is 0 Å². The third kappa shape index (κ3) is 3.53. The zero-order chi connectivity index (χ0) is 14.7. The van der Waals surface area contributed by atoms with Crippen molar-refractivity contribution in [3.05, 3.63) is 0 Å². The summed E-state index contributed by atoms with van der Waals surface area (Å²) in [7, 11) is 2.16. The van der Waals surface area contributed by atoms with E-state index in [1.54, 1.807) is 0 Å². The molecule has 4 heteroatoms. The van der Waals surface area contributed by atoms with Crippen molar-refractivity contribution in [3.63, 3.8) is 0 Å². The molecule has 0 bridgehead atoms. The SMILES string of the molecule is CC1CN(C(=O)C2CCCC(CCN)C2)CC(C)N1C. The highest BCUT2D eigenvalue weighted by Crippen LogP contribution is 2.32. The molecule has 1 saturated carbocycles. The highest BCUT2D eigenvalue weighted by atomic mass is 16.2. The van der Waals surface area contributed by atoms with E-state index in [9.17, 15) is 4.79 Å². The van der Waals surface area contributed by atoms with Crippen LogP contribution < -0.4 is 5.73 Å². The van der Waals surface area contributed by atoms with Gasteiger partial charge < -0.3 is 10.6 Å². The highest BCUT2D eigenvalue weighted by Gasteiger charge is 2.34. The number of carbonyl (C=O) groups is 1. The van der Waals surface area contributed by atoms with Crippen LogP contribution in [0.25, 0.3) is 0 Å². The first-order valence-electron chi connectivity index (χ1n) is 8.23. The number of nitrogens with two attached hydrogens (primary N) is 1. The number of rotatable bonds is 3. The van der Waals surface area contributed by atoms with Gasteiger partial charge in [-0.1, -0.05) is 12.8 Å². The molecule has 0 spiro atoms. The topological polar surface area (TPSA) is 49.6 Å². The number of nitrogens with zero attached hydrogens (tertiary/aromatic N) is 2. The van der Waals surface area contributed by atoms with Gasteiger partial charge in [0.2, 0.25) is 5.91 Å². The van der Waals surface area contributed by atoms with Crippen molar-refractivity contribution in [2.75, 3.05) is 26.7 Å². The maximum atomic E-state index is 12.8. The van der Waals surface area contributed by atoms with Crippen LogP contribution in [0, 0.1) is 11.8 Å². The summed E-state index contributed by atoms with van der Waals surface area (Å²) >= 11 is 0. The van der Waals surface area contributed by atoms with Crippen LogP contribution in [0.15, 0.2) is 0 Å². The molecule has 116 valence electrons. The normalized spacial score (nSPS) is 36.1. The molecule has 1 saturated heterocycles.